The van der Waals surface area contributed by atoms with Gasteiger partial charge in [0.25, 0.3) is 5.91 Å². The molecule has 6 rings (SSSR count). The molecule has 0 unspecified atom stereocenters. The fraction of sp³-hybridized carbons (Fsp3) is 0.353. The Morgan fingerprint density at radius 2 is 1.65 bits per heavy atom. The summed E-state index contributed by atoms with van der Waals surface area (Å²) in [5.41, 5.74) is 6.04. The number of benzene rings is 3. The summed E-state index contributed by atoms with van der Waals surface area (Å²) in [5.74, 6) is -3.08. The van der Waals surface area contributed by atoms with Crippen molar-refractivity contribution in [3.63, 3.8) is 0 Å². The number of ketones is 2. The number of nitrogens with zero attached hydrogens (tertiary/aromatic N) is 1. The van der Waals surface area contributed by atoms with Gasteiger partial charge in [-0.1, -0.05) is 30.3 Å². The average Bonchev–Trinajstić information content (AvgIpc) is 3.08. The van der Waals surface area contributed by atoms with E-state index in [1.165, 1.54) is 32.2 Å². The summed E-state index contributed by atoms with van der Waals surface area (Å²) in [6, 6.07) is 12.1. The minimum Gasteiger partial charge on any atom is -0.507 e. The quantitative estimate of drug-likeness (QED) is 0.0583. The maximum absolute atomic E-state index is 13.9. The second-order valence-corrected chi connectivity index (χ2v) is 13.6. The predicted octanol–water partition coefficient (Wildman–Crippen LogP) is 1.32. The minimum absolute atomic E-state index is 0.0196. The van der Waals surface area contributed by atoms with Crippen molar-refractivity contribution in [3.8, 4) is 17.2 Å². The summed E-state index contributed by atoms with van der Waals surface area (Å²) in [6.07, 6.45) is -4.51. The van der Waals surface area contributed by atoms with Gasteiger partial charge in [-0.2, -0.15) is 5.10 Å². The number of phenolic OH excluding ortho intramolecular Hbond substituents is 2. The van der Waals surface area contributed by atoms with E-state index in [0.29, 0.717) is 5.56 Å². The van der Waals surface area contributed by atoms with E-state index < -0.39 is 84.2 Å². The van der Waals surface area contributed by atoms with Gasteiger partial charge in [0.2, 0.25) is 5.78 Å². The molecule has 52 heavy (non-hydrogen) atoms. The lowest BCUT2D eigenvalue weighted by Crippen LogP contribution is -2.52. The molecule has 278 valence electrons. The van der Waals surface area contributed by atoms with Gasteiger partial charge in [0.1, 0.15) is 22.8 Å². The standard InChI is InChI=1S/C34H35N3O10.H3O4P/c1-15-28(38)20(35)12-23(46-15)47-22-14-34(44,16(2)36-37-33(43)17-8-5-4-6-9-17)13-19-25(22)32(42)27-26(30(19)40)29(39)18-10-7-11-21(45-3)24(18)31(27)41;1-5(2,3)4/h4-11,15,20,22-23,28,38,40,42,44H,12-14,35H2,1-3H3,(H,37,43);(H3,1,2,3,4)/t15-,20-,22-,23-,28+,34-;/m0./s1. The second kappa shape index (κ2) is 14.8. The molecule has 1 heterocycles. The molecule has 0 bridgehead atoms. The van der Waals surface area contributed by atoms with Crippen LogP contribution in [-0.4, -0.2) is 95.5 Å². The van der Waals surface area contributed by atoms with Crippen molar-refractivity contribution < 1.29 is 68.3 Å². The van der Waals surface area contributed by atoms with E-state index in [9.17, 15) is 34.8 Å². The lowest BCUT2D eigenvalue weighted by molar-refractivity contribution is -0.245. The first-order valence-corrected chi connectivity index (χ1v) is 17.4. The highest BCUT2D eigenvalue weighted by molar-refractivity contribution is 7.45. The Bertz CT molecular complexity index is 1960. The lowest BCUT2D eigenvalue weighted by atomic mass is 9.71. The van der Waals surface area contributed by atoms with Crippen LogP contribution in [0, 0.1) is 0 Å². The van der Waals surface area contributed by atoms with Crippen molar-refractivity contribution in [3.05, 3.63) is 87.5 Å². The molecule has 17 nitrogen and oxygen atoms in total. The molecule has 6 atom stereocenters. The van der Waals surface area contributed by atoms with Crippen LogP contribution in [0.25, 0.3) is 0 Å². The highest BCUT2D eigenvalue weighted by Gasteiger charge is 2.49. The van der Waals surface area contributed by atoms with Crippen LogP contribution >= 0.6 is 7.82 Å². The number of amides is 1. The number of aliphatic hydroxyl groups excluding tert-OH is 1. The Balaban J connectivity index is 0.000000979. The van der Waals surface area contributed by atoms with E-state index in [1.807, 2.05) is 0 Å². The number of carbonyl (C=O) groups is 3. The molecule has 10 N–H and O–H groups in total. The Labute approximate surface area is 296 Å². The van der Waals surface area contributed by atoms with Crippen LogP contribution < -0.4 is 15.9 Å². The third-order valence-electron chi connectivity index (χ3n) is 9.18. The molecule has 1 fully saturated rings. The molecular weight excluding hydrogens is 705 g/mol. The third kappa shape index (κ3) is 7.64. The zero-order chi connectivity index (χ0) is 38.3. The van der Waals surface area contributed by atoms with Gasteiger partial charge in [0, 0.05) is 47.6 Å². The van der Waals surface area contributed by atoms with Crippen LogP contribution in [-0.2, 0) is 20.5 Å². The molecule has 1 saturated heterocycles. The number of phosphoric acid groups is 1. The van der Waals surface area contributed by atoms with E-state index in [1.54, 1.807) is 37.3 Å². The number of hydrogen-bond donors (Lipinski definition) is 9. The molecule has 0 saturated carbocycles. The van der Waals surface area contributed by atoms with Crippen molar-refractivity contribution in [2.75, 3.05) is 7.11 Å². The largest absolute Gasteiger partial charge is 0.507 e. The Morgan fingerprint density at radius 3 is 2.27 bits per heavy atom. The monoisotopic (exact) mass is 743 g/mol. The van der Waals surface area contributed by atoms with Crippen LogP contribution in [0.15, 0.2) is 53.6 Å². The van der Waals surface area contributed by atoms with E-state index in [-0.39, 0.29) is 53.0 Å². The maximum atomic E-state index is 13.9. The minimum atomic E-state index is -4.64. The summed E-state index contributed by atoms with van der Waals surface area (Å²) in [6.45, 7) is 3.09. The molecular formula is C34H38N3O14P. The zero-order valence-electron chi connectivity index (χ0n) is 28.1. The molecule has 0 spiro atoms. The number of nitrogens with two attached hydrogens (primary N) is 1. The number of nitrogens with one attached hydrogen (secondary N) is 1. The molecule has 1 amide bonds. The second-order valence-electron chi connectivity index (χ2n) is 12.6. The zero-order valence-corrected chi connectivity index (χ0v) is 29.0. The number of phenols is 2. The number of aliphatic hydroxyl groups is 2. The number of hydrogen-bond acceptors (Lipinski definition) is 13. The van der Waals surface area contributed by atoms with E-state index in [4.69, 9.17) is 39.2 Å². The fourth-order valence-electron chi connectivity index (χ4n) is 6.56. The fourth-order valence-corrected chi connectivity index (χ4v) is 6.56. The number of fused-ring (bicyclic) bond motifs is 3. The van der Waals surface area contributed by atoms with Crippen molar-refractivity contribution in [2.24, 2.45) is 10.8 Å². The first kappa shape index (κ1) is 38.7. The number of carbonyl (C=O) groups excluding carboxylic acids is 3. The average molecular weight is 744 g/mol. The molecule has 18 heteroatoms. The van der Waals surface area contributed by atoms with Gasteiger partial charge in [-0.3, -0.25) is 14.4 Å². The molecule has 0 radical (unpaired) electrons. The molecule has 3 aromatic rings. The third-order valence-corrected chi connectivity index (χ3v) is 9.18. The summed E-state index contributed by atoms with van der Waals surface area (Å²) in [4.78, 5) is 61.9. The first-order valence-electron chi connectivity index (χ1n) is 15.9. The summed E-state index contributed by atoms with van der Waals surface area (Å²) in [5, 5.41) is 50.0. The number of rotatable bonds is 6. The number of aromatic hydroxyl groups is 2. The summed E-state index contributed by atoms with van der Waals surface area (Å²) < 4.78 is 26.3. The lowest BCUT2D eigenvalue weighted by Gasteiger charge is -2.42. The molecule has 3 aromatic carbocycles. The number of ether oxygens (including phenoxy) is 3. The Kier molecular flexibility index (Phi) is 11.0. The SMILES string of the molecule is COc1cccc2c1C(=O)c1c(O)c3c(c(O)c1C2=O)C[C@@](O)(C(C)=NNC(=O)c1ccccc1)C[C@@H]3O[C@H]1C[C@H](N)[C@H](O)[C@H](C)O1.O=P(O)(O)O. The summed E-state index contributed by atoms with van der Waals surface area (Å²) in [7, 11) is -3.29. The Morgan fingerprint density at radius 1 is 1.02 bits per heavy atom. The van der Waals surface area contributed by atoms with Gasteiger partial charge in [0.15, 0.2) is 12.1 Å². The summed E-state index contributed by atoms with van der Waals surface area (Å²) >= 11 is 0. The van der Waals surface area contributed by atoms with Crippen LogP contribution in [0.1, 0.15) is 86.1 Å². The maximum Gasteiger partial charge on any atom is 0.466 e. The van der Waals surface area contributed by atoms with Crippen molar-refractivity contribution in [1.29, 1.82) is 0 Å². The number of methoxy groups -OCH3 is 1. The van der Waals surface area contributed by atoms with Crippen LogP contribution in [0.2, 0.25) is 0 Å². The molecule has 2 aliphatic carbocycles. The number of hydrazone groups is 1. The van der Waals surface area contributed by atoms with E-state index in [2.05, 4.69) is 10.5 Å². The predicted molar refractivity (Wildman–Crippen MR) is 181 cm³/mol. The smallest absolute Gasteiger partial charge is 0.466 e. The van der Waals surface area contributed by atoms with Gasteiger partial charge >= 0.3 is 7.82 Å². The normalized spacial score (nSPS) is 25.6. The van der Waals surface area contributed by atoms with Crippen molar-refractivity contribution >= 4 is 31.0 Å². The highest BCUT2D eigenvalue weighted by atomic mass is 31.2. The van der Waals surface area contributed by atoms with Gasteiger partial charge in [0.05, 0.1) is 47.8 Å². The van der Waals surface area contributed by atoms with E-state index >= 15 is 0 Å². The molecule has 0 aromatic heterocycles. The van der Waals surface area contributed by atoms with Crippen LogP contribution in [0.3, 0.4) is 0 Å². The van der Waals surface area contributed by atoms with Gasteiger partial charge in [-0.15, -0.1) is 0 Å². The molecule has 3 aliphatic rings. The van der Waals surface area contributed by atoms with Crippen molar-refractivity contribution in [1.82, 2.24) is 5.43 Å². The van der Waals surface area contributed by atoms with Gasteiger partial charge in [-0.05, 0) is 32.0 Å². The first-order chi connectivity index (χ1) is 24.4. The topological polar surface area (TPSA) is 288 Å². The Hall–Kier alpha value is -4.55. The highest BCUT2D eigenvalue weighted by Crippen LogP contribution is 2.52. The van der Waals surface area contributed by atoms with E-state index in [0.717, 1.165) is 0 Å². The molecule has 1 aliphatic heterocycles. The van der Waals surface area contributed by atoms with Gasteiger partial charge in [-0.25, -0.2) is 9.99 Å². The van der Waals surface area contributed by atoms with Gasteiger partial charge < -0.3 is 55.1 Å². The van der Waals surface area contributed by atoms with Crippen molar-refractivity contribution in [2.45, 2.75) is 69.4 Å². The van der Waals surface area contributed by atoms with Crippen LogP contribution in [0.4, 0.5) is 0 Å². The van der Waals surface area contributed by atoms with Crippen LogP contribution in [0.5, 0.6) is 17.2 Å².